The van der Waals surface area contributed by atoms with Crippen LogP contribution in [0.1, 0.15) is 68.2 Å². The summed E-state index contributed by atoms with van der Waals surface area (Å²) in [5.41, 5.74) is 7.81. The maximum absolute atomic E-state index is 11.7. The quantitative estimate of drug-likeness (QED) is 0.345. The molecule has 2 rings (SSSR count). The molecule has 0 aliphatic heterocycles. The van der Waals surface area contributed by atoms with E-state index in [4.69, 9.17) is 15.2 Å². The Morgan fingerprint density at radius 3 is 1.42 bits per heavy atom. The topological polar surface area (TPSA) is 106 Å². The van der Waals surface area contributed by atoms with Crippen molar-refractivity contribution in [1.82, 2.24) is 0 Å². The van der Waals surface area contributed by atoms with Crippen LogP contribution in [-0.4, -0.2) is 36.5 Å². The molecule has 0 saturated carbocycles. The predicted octanol–water partition coefficient (Wildman–Crippen LogP) is 7.28. The van der Waals surface area contributed by atoms with Gasteiger partial charge >= 0.3 is 12.2 Å². The SMILES string of the molecule is CC(C)(C)OC(=O)Nc1ccc(N)cc1.CCCN(CCC)c1ccc(NC(=O)OC(C)(C)C)cc1. The Labute approximate surface area is 216 Å². The zero-order valence-corrected chi connectivity index (χ0v) is 23.1. The van der Waals surface area contributed by atoms with E-state index >= 15 is 0 Å². The van der Waals surface area contributed by atoms with Crippen LogP contribution in [0.4, 0.5) is 32.3 Å². The van der Waals surface area contributed by atoms with Crippen LogP contribution in [-0.2, 0) is 9.47 Å². The third-order valence-electron chi connectivity index (χ3n) is 4.42. The molecule has 8 nitrogen and oxygen atoms in total. The van der Waals surface area contributed by atoms with Crippen molar-refractivity contribution in [3.05, 3.63) is 48.5 Å². The van der Waals surface area contributed by atoms with Gasteiger partial charge in [0.2, 0.25) is 0 Å². The molecule has 200 valence electrons. The lowest BCUT2D eigenvalue weighted by atomic mass is 10.2. The highest BCUT2D eigenvalue weighted by Crippen LogP contribution is 2.19. The third kappa shape index (κ3) is 13.5. The summed E-state index contributed by atoms with van der Waals surface area (Å²) in [7, 11) is 0. The highest BCUT2D eigenvalue weighted by Gasteiger charge is 2.17. The number of ether oxygens (including phenoxy) is 2. The van der Waals surface area contributed by atoms with Crippen LogP contribution in [0.15, 0.2) is 48.5 Å². The number of nitrogens with two attached hydrogens (primary N) is 1. The normalized spacial score (nSPS) is 11.0. The maximum atomic E-state index is 11.7. The van der Waals surface area contributed by atoms with Crippen molar-refractivity contribution in [2.45, 2.75) is 79.4 Å². The highest BCUT2D eigenvalue weighted by atomic mass is 16.6. The number of hydrogen-bond acceptors (Lipinski definition) is 6. The molecule has 0 atom stereocenters. The molecule has 36 heavy (non-hydrogen) atoms. The van der Waals surface area contributed by atoms with Gasteiger partial charge in [-0.05, 0) is 103 Å². The fraction of sp³-hybridized carbons (Fsp3) is 0.500. The van der Waals surface area contributed by atoms with Gasteiger partial charge in [0.25, 0.3) is 0 Å². The molecule has 4 N–H and O–H groups in total. The van der Waals surface area contributed by atoms with E-state index in [9.17, 15) is 9.59 Å². The smallest absolute Gasteiger partial charge is 0.412 e. The van der Waals surface area contributed by atoms with Crippen LogP contribution < -0.4 is 21.3 Å². The van der Waals surface area contributed by atoms with Crippen LogP contribution >= 0.6 is 0 Å². The van der Waals surface area contributed by atoms with Crippen molar-refractivity contribution in [3.63, 3.8) is 0 Å². The van der Waals surface area contributed by atoms with Gasteiger partial charge in [-0.1, -0.05) is 13.8 Å². The number of rotatable bonds is 7. The minimum Gasteiger partial charge on any atom is -0.444 e. The summed E-state index contributed by atoms with van der Waals surface area (Å²) >= 11 is 0. The number of hydrogen-bond donors (Lipinski definition) is 3. The van der Waals surface area contributed by atoms with Gasteiger partial charge < -0.3 is 20.1 Å². The Kier molecular flexibility index (Phi) is 12.1. The minimum atomic E-state index is -0.488. The molecule has 0 aromatic heterocycles. The van der Waals surface area contributed by atoms with Crippen LogP contribution in [0.25, 0.3) is 0 Å². The highest BCUT2D eigenvalue weighted by molar-refractivity contribution is 5.85. The number of carbonyl (C=O) groups is 2. The Balaban J connectivity index is 0.000000381. The average Bonchev–Trinajstić information content (AvgIpc) is 2.74. The largest absolute Gasteiger partial charge is 0.444 e. The van der Waals surface area contributed by atoms with Crippen molar-refractivity contribution in [2.24, 2.45) is 0 Å². The number of nitrogens with one attached hydrogen (secondary N) is 2. The van der Waals surface area contributed by atoms with Crippen LogP contribution in [0.3, 0.4) is 0 Å². The fourth-order valence-corrected chi connectivity index (χ4v) is 3.07. The van der Waals surface area contributed by atoms with Crippen LogP contribution in [0.5, 0.6) is 0 Å². The molecule has 0 bridgehead atoms. The summed E-state index contributed by atoms with van der Waals surface area (Å²) in [5.74, 6) is 0. The number of carbonyl (C=O) groups excluding carboxylic acids is 2. The van der Waals surface area contributed by atoms with Gasteiger partial charge in [0.1, 0.15) is 11.2 Å². The Hall–Kier alpha value is -3.42. The average molecular weight is 501 g/mol. The molecule has 0 aliphatic carbocycles. The molecular weight excluding hydrogens is 456 g/mol. The first-order valence-electron chi connectivity index (χ1n) is 12.4. The van der Waals surface area contributed by atoms with Gasteiger partial charge in [0, 0.05) is 35.8 Å². The summed E-state index contributed by atoms with van der Waals surface area (Å²) in [5, 5.41) is 5.36. The Bertz CT molecular complexity index is 924. The number of benzene rings is 2. The van der Waals surface area contributed by atoms with Gasteiger partial charge in [-0.2, -0.15) is 0 Å². The third-order valence-corrected chi connectivity index (χ3v) is 4.42. The first-order valence-corrected chi connectivity index (χ1v) is 12.4. The second-order valence-electron chi connectivity index (χ2n) is 10.4. The van der Waals surface area contributed by atoms with Crippen LogP contribution in [0.2, 0.25) is 0 Å². The zero-order chi connectivity index (χ0) is 27.4. The molecule has 0 unspecified atom stereocenters. The summed E-state index contributed by atoms with van der Waals surface area (Å²) in [4.78, 5) is 25.4. The molecule has 2 aromatic carbocycles. The number of amides is 2. The van der Waals surface area contributed by atoms with Crippen molar-refractivity contribution >= 4 is 34.9 Å². The van der Waals surface area contributed by atoms with E-state index in [1.807, 2.05) is 65.8 Å². The van der Waals surface area contributed by atoms with Gasteiger partial charge in [-0.25, -0.2) is 9.59 Å². The van der Waals surface area contributed by atoms with E-state index in [1.165, 1.54) is 5.69 Å². The molecule has 2 amide bonds. The van der Waals surface area contributed by atoms with E-state index in [0.29, 0.717) is 11.4 Å². The monoisotopic (exact) mass is 500 g/mol. The molecule has 0 spiro atoms. The molecule has 2 aromatic rings. The number of nitrogen functional groups attached to an aromatic ring is 1. The van der Waals surface area contributed by atoms with Gasteiger partial charge in [0.15, 0.2) is 0 Å². The summed E-state index contributed by atoms with van der Waals surface area (Å²) in [6.45, 7) is 17.5. The van der Waals surface area contributed by atoms with E-state index in [-0.39, 0.29) is 0 Å². The first kappa shape index (κ1) is 30.6. The lowest BCUT2D eigenvalue weighted by Gasteiger charge is -2.24. The van der Waals surface area contributed by atoms with E-state index in [2.05, 4.69) is 29.4 Å². The summed E-state index contributed by atoms with van der Waals surface area (Å²) in [6.07, 6.45) is 1.36. The molecule has 0 aliphatic rings. The molecule has 0 fully saturated rings. The minimum absolute atomic E-state index is 0.422. The van der Waals surface area contributed by atoms with E-state index < -0.39 is 23.4 Å². The second-order valence-corrected chi connectivity index (χ2v) is 10.4. The van der Waals surface area contributed by atoms with E-state index in [0.717, 1.165) is 31.6 Å². The van der Waals surface area contributed by atoms with Gasteiger partial charge in [0.05, 0.1) is 0 Å². The van der Waals surface area contributed by atoms with Crippen molar-refractivity contribution in [2.75, 3.05) is 34.4 Å². The van der Waals surface area contributed by atoms with Crippen LogP contribution in [0, 0.1) is 0 Å². The van der Waals surface area contributed by atoms with E-state index in [1.54, 1.807) is 24.3 Å². The Morgan fingerprint density at radius 1 is 0.722 bits per heavy atom. The lowest BCUT2D eigenvalue weighted by molar-refractivity contribution is 0.0624. The summed E-state index contributed by atoms with van der Waals surface area (Å²) < 4.78 is 10.3. The zero-order valence-electron chi connectivity index (χ0n) is 23.1. The van der Waals surface area contributed by atoms with Crippen molar-refractivity contribution in [1.29, 1.82) is 0 Å². The second kappa shape index (κ2) is 14.2. The van der Waals surface area contributed by atoms with Gasteiger partial charge in [-0.15, -0.1) is 0 Å². The maximum Gasteiger partial charge on any atom is 0.412 e. The Morgan fingerprint density at radius 2 is 1.08 bits per heavy atom. The standard InChI is InChI=1S/C17H28N2O2.C11H16N2O2/c1-6-12-19(13-7-2)15-10-8-14(9-11-15)18-16(20)21-17(3,4)5;1-11(2,3)15-10(14)13-9-6-4-8(12)5-7-9/h8-11H,6-7,12-13H2,1-5H3,(H,18,20);4-7H,12H2,1-3H3,(H,13,14). The molecule has 0 radical (unpaired) electrons. The predicted molar refractivity (Wildman–Crippen MR) is 150 cm³/mol. The first-order chi connectivity index (χ1) is 16.7. The lowest BCUT2D eigenvalue weighted by Crippen LogP contribution is -2.27. The molecule has 8 heteroatoms. The van der Waals surface area contributed by atoms with Gasteiger partial charge in [-0.3, -0.25) is 10.6 Å². The molecular formula is C28H44N4O4. The van der Waals surface area contributed by atoms with Crippen molar-refractivity contribution < 1.29 is 19.1 Å². The number of nitrogens with zero attached hydrogens (tertiary/aromatic N) is 1. The van der Waals surface area contributed by atoms with Crippen molar-refractivity contribution in [3.8, 4) is 0 Å². The summed E-state index contributed by atoms with van der Waals surface area (Å²) in [6, 6.07) is 14.8. The fourth-order valence-electron chi connectivity index (χ4n) is 3.07. The molecule has 0 heterocycles. The molecule has 0 saturated heterocycles. The number of anilines is 4.